The summed E-state index contributed by atoms with van der Waals surface area (Å²) in [6, 6.07) is 0. The van der Waals surface area contributed by atoms with Gasteiger partial charge in [-0.3, -0.25) is 0 Å². The molecule has 3 rings (SSSR count). The van der Waals surface area contributed by atoms with Crippen LogP contribution in [0.5, 0.6) is 0 Å². The van der Waals surface area contributed by atoms with Crippen LogP contribution in [0.15, 0.2) is 5.76 Å². The smallest absolute Gasteiger partial charge is 0.181 e. The first-order chi connectivity index (χ1) is 7.78. The topological polar surface area (TPSA) is 52.8 Å². The van der Waals surface area contributed by atoms with E-state index in [-0.39, 0.29) is 0 Å². The number of alkyl halides is 1. The van der Waals surface area contributed by atoms with Crippen LogP contribution in [0.2, 0.25) is 0 Å². The summed E-state index contributed by atoms with van der Waals surface area (Å²) in [7, 11) is 0. The third-order valence-electron chi connectivity index (χ3n) is 3.07. The van der Waals surface area contributed by atoms with E-state index in [4.69, 9.17) is 4.74 Å². The highest BCUT2D eigenvalue weighted by Gasteiger charge is 2.32. The zero-order valence-electron chi connectivity index (χ0n) is 9.06. The van der Waals surface area contributed by atoms with Gasteiger partial charge in [-0.2, -0.15) is 0 Å². The molecular formula is C10H13IN4O. The summed E-state index contributed by atoms with van der Waals surface area (Å²) in [5, 5.41) is 11.9. The second kappa shape index (κ2) is 3.97. The predicted octanol–water partition coefficient (Wildman–Crippen LogP) is 1.65. The Bertz CT molecular complexity index is 442. The molecule has 0 spiro atoms. The first-order valence-corrected chi connectivity index (χ1v) is 7.01. The van der Waals surface area contributed by atoms with E-state index in [1.807, 2.05) is 4.68 Å². The lowest BCUT2D eigenvalue weighted by Crippen LogP contribution is -2.13. The van der Waals surface area contributed by atoms with E-state index in [0.29, 0.717) is 12.0 Å². The van der Waals surface area contributed by atoms with Gasteiger partial charge in [0.15, 0.2) is 5.82 Å². The molecule has 1 aromatic rings. The minimum absolute atomic E-state index is 0.307. The molecule has 1 aromatic heterocycles. The monoisotopic (exact) mass is 332 g/mol. The minimum atomic E-state index is 0.307. The molecule has 2 unspecified atom stereocenters. The second-order valence-electron chi connectivity index (χ2n) is 4.49. The molecule has 6 heteroatoms. The van der Waals surface area contributed by atoms with Crippen molar-refractivity contribution in [1.82, 2.24) is 20.2 Å². The average molecular weight is 332 g/mol. The van der Waals surface area contributed by atoms with E-state index >= 15 is 0 Å². The number of halogens is 1. The Hall–Kier alpha value is -0.660. The zero-order chi connectivity index (χ0) is 11.1. The maximum atomic E-state index is 5.95. The molecule has 16 heavy (non-hydrogen) atoms. The van der Waals surface area contributed by atoms with Crippen LogP contribution >= 0.6 is 22.6 Å². The molecule has 0 N–H and O–H groups in total. The molecule has 2 aliphatic rings. The Balaban J connectivity index is 2.01. The van der Waals surface area contributed by atoms with Gasteiger partial charge in [-0.25, -0.2) is 4.68 Å². The van der Waals surface area contributed by atoms with Crippen LogP contribution in [0, 0.1) is 5.92 Å². The Morgan fingerprint density at radius 3 is 3.19 bits per heavy atom. The van der Waals surface area contributed by atoms with Gasteiger partial charge in [0, 0.05) is 29.4 Å². The number of ether oxygens (including phenoxy) is 1. The quantitative estimate of drug-likeness (QED) is 0.580. The maximum absolute atomic E-state index is 5.95. The van der Waals surface area contributed by atoms with Crippen LogP contribution in [0.25, 0.3) is 5.57 Å². The molecule has 0 aromatic carbocycles. The molecule has 2 atom stereocenters. The van der Waals surface area contributed by atoms with Crippen LogP contribution in [-0.2, 0) is 11.3 Å². The molecule has 0 fully saturated rings. The second-order valence-corrected chi connectivity index (χ2v) is 5.37. The Morgan fingerprint density at radius 2 is 2.38 bits per heavy atom. The molecule has 0 amide bonds. The first kappa shape index (κ1) is 10.5. The third kappa shape index (κ3) is 1.63. The number of hydrogen-bond donors (Lipinski definition) is 0. The third-order valence-corrected chi connectivity index (χ3v) is 4.05. The van der Waals surface area contributed by atoms with E-state index in [2.05, 4.69) is 45.0 Å². The molecule has 0 aliphatic carbocycles. The van der Waals surface area contributed by atoms with Gasteiger partial charge in [-0.1, -0.05) is 29.5 Å². The lowest BCUT2D eigenvalue weighted by molar-refractivity contribution is 0.151. The van der Waals surface area contributed by atoms with Crippen molar-refractivity contribution < 1.29 is 4.74 Å². The average Bonchev–Trinajstić information content (AvgIpc) is 2.82. The number of allylic oxidation sites excluding steroid dienone is 1. The Labute approximate surface area is 107 Å². The molecule has 2 aliphatic heterocycles. The largest absolute Gasteiger partial charge is 0.493 e. The lowest BCUT2D eigenvalue weighted by Gasteiger charge is -2.13. The first-order valence-electron chi connectivity index (χ1n) is 5.49. The number of rotatable bonds is 1. The van der Waals surface area contributed by atoms with Crippen molar-refractivity contribution in [3.63, 3.8) is 0 Å². The number of aromatic nitrogens is 4. The van der Waals surface area contributed by atoms with E-state index in [1.165, 1.54) is 5.57 Å². The van der Waals surface area contributed by atoms with Crippen molar-refractivity contribution in [2.75, 3.05) is 4.43 Å². The molecule has 0 radical (unpaired) electrons. The maximum Gasteiger partial charge on any atom is 0.181 e. The van der Waals surface area contributed by atoms with E-state index in [0.717, 1.165) is 35.4 Å². The number of nitrogens with zero attached hydrogens (tertiary/aromatic N) is 4. The normalized spacial score (nSPS) is 28.4. The summed E-state index contributed by atoms with van der Waals surface area (Å²) in [5.41, 5.74) is 1.22. The highest BCUT2D eigenvalue weighted by atomic mass is 127. The van der Waals surface area contributed by atoms with E-state index < -0.39 is 0 Å². The summed E-state index contributed by atoms with van der Waals surface area (Å²) < 4.78 is 8.88. The van der Waals surface area contributed by atoms with Gasteiger partial charge in [0.25, 0.3) is 0 Å². The SMILES string of the molecule is CC1CC2=C(CC(CI)O2)c2nnnn2C1. The van der Waals surface area contributed by atoms with Gasteiger partial charge in [0.2, 0.25) is 0 Å². The van der Waals surface area contributed by atoms with Gasteiger partial charge < -0.3 is 4.74 Å². The minimum Gasteiger partial charge on any atom is -0.493 e. The van der Waals surface area contributed by atoms with Crippen molar-refractivity contribution in [3.8, 4) is 0 Å². The lowest BCUT2D eigenvalue weighted by atomic mass is 10.1. The highest BCUT2D eigenvalue weighted by Crippen LogP contribution is 2.38. The fourth-order valence-corrected chi connectivity index (χ4v) is 2.84. The van der Waals surface area contributed by atoms with Gasteiger partial charge in [0.1, 0.15) is 11.9 Å². The van der Waals surface area contributed by atoms with Gasteiger partial charge in [-0.15, -0.1) is 5.10 Å². The predicted molar refractivity (Wildman–Crippen MR) is 66.9 cm³/mol. The summed E-state index contributed by atoms with van der Waals surface area (Å²) in [4.78, 5) is 0. The summed E-state index contributed by atoms with van der Waals surface area (Å²) in [6.07, 6.45) is 2.25. The number of hydrogen-bond acceptors (Lipinski definition) is 4. The van der Waals surface area contributed by atoms with E-state index in [9.17, 15) is 0 Å². The molecule has 86 valence electrons. The summed E-state index contributed by atoms with van der Waals surface area (Å²) in [6.45, 7) is 3.09. The van der Waals surface area contributed by atoms with Crippen molar-refractivity contribution in [1.29, 1.82) is 0 Å². The van der Waals surface area contributed by atoms with Crippen LogP contribution < -0.4 is 0 Å². The Kier molecular flexibility index (Phi) is 2.61. The summed E-state index contributed by atoms with van der Waals surface area (Å²) >= 11 is 2.37. The van der Waals surface area contributed by atoms with Crippen molar-refractivity contribution in [2.45, 2.75) is 32.4 Å². The van der Waals surface area contributed by atoms with Gasteiger partial charge >= 0.3 is 0 Å². The molecule has 0 saturated carbocycles. The van der Waals surface area contributed by atoms with Crippen LogP contribution in [-0.4, -0.2) is 30.7 Å². The molecular weight excluding hydrogens is 319 g/mol. The van der Waals surface area contributed by atoms with Gasteiger partial charge in [-0.05, 0) is 16.3 Å². The van der Waals surface area contributed by atoms with Crippen molar-refractivity contribution >= 4 is 28.2 Å². The molecule has 3 heterocycles. The number of fused-ring (bicyclic) bond motifs is 2. The number of tetrazole rings is 1. The van der Waals surface area contributed by atoms with Crippen LogP contribution in [0.3, 0.4) is 0 Å². The van der Waals surface area contributed by atoms with Crippen LogP contribution in [0.1, 0.15) is 25.6 Å². The standard InChI is InChI=1S/C10H13IN4O/c1-6-2-9-8(3-7(4-11)16-9)10-12-13-14-15(10)5-6/h6-7H,2-5H2,1H3. The van der Waals surface area contributed by atoms with Crippen LogP contribution in [0.4, 0.5) is 0 Å². The van der Waals surface area contributed by atoms with Crippen molar-refractivity contribution in [2.24, 2.45) is 5.92 Å². The summed E-state index contributed by atoms with van der Waals surface area (Å²) in [5.74, 6) is 2.55. The molecule has 0 saturated heterocycles. The van der Waals surface area contributed by atoms with Gasteiger partial charge in [0.05, 0.1) is 0 Å². The highest BCUT2D eigenvalue weighted by molar-refractivity contribution is 14.1. The fraction of sp³-hybridized carbons (Fsp3) is 0.700. The Morgan fingerprint density at radius 1 is 1.50 bits per heavy atom. The fourth-order valence-electron chi connectivity index (χ4n) is 2.35. The van der Waals surface area contributed by atoms with Crippen molar-refractivity contribution in [3.05, 3.63) is 11.6 Å². The van der Waals surface area contributed by atoms with E-state index in [1.54, 1.807) is 0 Å². The molecule has 5 nitrogen and oxygen atoms in total. The molecule has 0 bridgehead atoms. The zero-order valence-corrected chi connectivity index (χ0v) is 11.2.